The third kappa shape index (κ3) is 4.16. The Morgan fingerprint density at radius 2 is 1.92 bits per heavy atom. The van der Waals surface area contributed by atoms with Crippen molar-refractivity contribution in [1.82, 2.24) is 19.8 Å². The maximum atomic E-state index is 12.7. The molecule has 136 valence electrons. The van der Waals surface area contributed by atoms with E-state index in [1.807, 2.05) is 4.90 Å². The first kappa shape index (κ1) is 17.4. The van der Waals surface area contributed by atoms with Crippen molar-refractivity contribution in [1.29, 1.82) is 0 Å². The van der Waals surface area contributed by atoms with Crippen molar-refractivity contribution in [3.63, 3.8) is 0 Å². The average Bonchev–Trinajstić information content (AvgIpc) is 2.85. The summed E-state index contributed by atoms with van der Waals surface area (Å²) in [5.74, 6) is -0.241. The predicted molar refractivity (Wildman–Crippen MR) is 89.5 cm³/mol. The minimum Gasteiger partial charge on any atom is -0.481 e. The molecular formula is C16H23N5O4. The van der Waals surface area contributed by atoms with Crippen molar-refractivity contribution >= 4 is 17.8 Å². The van der Waals surface area contributed by atoms with Crippen LogP contribution in [0.2, 0.25) is 0 Å². The lowest BCUT2D eigenvalue weighted by molar-refractivity contribution is -0.141. The number of aromatic nitrogens is 2. The minimum atomic E-state index is -0.905. The van der Waals surface area contributed by atoms with Gasteiger partial charge in [-0.15, -0.1) is 0 Å². The number of carboxylic acid groups (broad SMARTS) is 1. The lowest BCUT2D eigenvalue weighted by Gasteiger charge is -2.32. The van der Waals surface area contributed by atoms with Crippen LogP contribution in [0.4, 0.5) is 10.6 Å². The molecule has 1 unspecified atom stereocenters. The third-order valence-corrected chi connectivity index (χ3v) is 4.51. The lowest BCUT2D eigenvalue weighted by Crippen LogP contribution is -2.50. The summed E-state index contributed by atoms with van der Waals surface area (Å²) in [6.07, 6.45) is 1.66. The molecule has 0 spiro atoms. The van der Waals surface area contributed by atoms with Gasteiger partial charge in [-0.3, -0.25) is 4.79 Å². The molecule has 25 heavy (non-hydrogen) atoms. The standard InChI is InChI=1S/C16H23N5O4/c1-12-17-3-2-14(18-12)20-4-5-21(11-13(10-20)15(22)23)16(24)19-6-8-25-9-7-19/h2-3,13H,4-11H2,1H3,(H,22,23). The van der Waals surface area contributed by atoms with E-state index in [0.29, 0.717) is 57.6 Å². The number of ether oxygens (including phenoxy) is 1. The monoisotopic (exact) mass is 349 g/mol. The molecule has 3 heterocycles. The topological polar surface area (TPSA) is 99.1 Å². The smallest absolute Gasteiger partial charge is 0.320 e. The van der Waals surface area contributed by atoms with Gasteiger partial charge in [-0.25, -0.2) is 14.8 Å². The number of aliphatic carboxylic acids is 1. The molecule has 0 radical (unpaired) electrons. The fraction of sp³-hybridized carbons (Fsp3) is 0.625. The minimum absolute atomic E-state index is 0.115. The second-order valence-corrected chi connectivity index (χ2v) is 6.27. The van der Waals surface area contributed by atoms with E-state index in [9.17, 15) is 14.7 Å². The number of amides is 2. The van der Waals surface area contributed by atoms with Gasteiger partial charge in [0.15, 0.2) is 0 Å². The van der Waals surface area contributed by atoms with Gasteiger partial charge in [0.2, 0.25) is 0 Å². The Hall–Kier alpha value is -2.42. The van der Waals surface area contributed by atoms with Crippen molar-refractivity contribution < 1.29 is 19.4 Å². The van der Waals surface area contributed by atoms with Crippen molar-refractivity contribution in [2.45, 2.75) is 6.92 Å². The summed E-state index contributed by atoms with van der Waals surface area (Å²) in [5, 5.41) is 9.56. The van der Waals surface area contributed by atoms with Crippen LogP contribution in [0, 0.1) is 12.8 Å². The molecule has 2 aliphatic heterocycles. The Balaban J connectivity index is 1.75. The molecule has 1 N–H and O–H groups in total. The molecule has 9 nitrogen and oxygen atoms in total. The highest BCUT2D eigenvalue weighted by Gasteiger charge is 2.32. The third-order valence-electron chi connectivity index (χ3n) is 4.51. The van der Waals surface area contributed by atoms with E-state index in [-0.39, 0.29) is 12.6 Å². The van der Waals surface area contributed by atoms with Gasteiger partial charge < -0.3 is 24.5 Å². The van der Waals surface area contributed by atoms with Crippen LogP contribution in [-0.4, -0.2) is 89.4 Å². The zero-order valence-corrected chi connectivity index (χ0v) is 14.3. The Morgan fingerprint density at radius 1 is 1.16 bits per heavy atom. The first-order valence-corrected chi connectivity index (χ1v) is 8.43. The van der Waals surface area contributed by atoms with Crippen LogP contribution in [0.5, 0.6) is 0 Å². The normalized spacial score (nSPS) is 21.8. The second-order valence-electron chi connectivity index (χ2n) is 6.27. The number of anilines is 1. The fourth-order valence-electron chi connectivity index (χ4n) is 3.13. The van der Waals surface area contributed by atoms with Crippen LogP contribution in [0.15, 0.2) is 12.3 Å². The Kier molecular flexibility index (Phi) is 5.32. The first-order chi connectivity index (χ1) is 12.0. The molecule has 2 aliphatic rings. The number of aryl methyl sites for hydroxylation is 1. The molecule has 0 aromatic carbocycles. The van der Waals surface area contributed by atoms with E-state index in [1.165, 1.54) is 0 Å². The first-order valence-electron chi connectivity index (χ1n) is 8.43. The number of morpholine rings is 1. The Morgan fingerprint density at radius 3 is 2.60 bits per heavy atom. The van der Waals surface area contributed by atoms with Crippen molar-refractivity contribution in [3.8, 4) is 0 Å². The van der Waals surface area contributed by atoms with E-state index < -0.39 is 11.9 Å². The molecule has 0 saturated carbocycles. The van der Waals surface area contributed by atoms with Gasteiger partial charge in [-0.05, 0) is 13.0 Å². The average molecular weight is 349 g/mol. The molecule has 9 heteroatoms. The molecule has 1 atom stereocenters. The molecule has 2 amide bonds. The number of carbonyl (C=O) groups excluding carboxylic acids is 1. The molecule has 2 fully saturated rings. The van der Waals surface area contributed by atoms with Crippen molar-refractivity contribution in [2.24, 2.45) is 5.92 Å². The van der Waals surface area contributed by atoms with E-state index in [1.54, 1.807) is 29.0 Å². The molecule has 1 aromatic heterocycles. The van der Waals surface area contributed by atoms with Gasteiger partial charge in [0.25, 0.3) is 0 Å². The Labute approximate surface area is 146 Å². The van der Waals surface area contributed by atoms with Gasteiger partial charge in [-0.2, -0.15) is 0 Å². The largest absolute Gasteiger partial charge is 0.481 e. The van der Waals surface area contributed by atoms with Gasteiger partial charge >= 0.3 is 12.0 Å². The maximum Gasteiger partial charge on any atom is 0.320 e. The van der Waals surface area contributed by atoms with Crippen LogP contribution in [0.3, 0.4) is 0 Å². The van der Waals surface area contributed by atoms with Crippen LogP contribution >= 0.6 is 0 Å². The molecular weight excluding hydrogens is 326 g/mol. The summed E-state index contributed by atoms with van der Waals surface area (Å²) in [4.78, 5) is 38.1. The van der Waals surface area contributed by atoms with Crippen LogP contribution < -0.4 is 4.90 Å². The summed E-state index contributed by atoms with van der Waals surface area (Å²) < 4.78 is 5.28. The van der Waals surface area contributed by atoms with Crippen molar-refractivity contribution in [3.05, 3.63) is 18.1 Å². The lowest BCUT2D eigenvalue weighted by atomic mass is 10.1. The maximum absolute atomic E-state index is 12.7. The second kappa shape index (κ2) is 7.64. The van der Waals surface area contributed by atoms with Gasteiger partial charge in [0.1, 0.15) is 11.6 Å². The van der Waals surface area contributed by atoms with E-state index in [0.717, 1.165) is 0 Å². The number of urea groups is 1. The highest BCUT2D eigenvalue weighted by atomic mass is 16.5. The number of carboxylic acids is 1. The molecule has 2 saturated heterocycles. The summed E-state index contributed by atoms with van der Waals surface area (Å²) >= 11 is 0. The fourth-order valence-corrected chi connectivity index (χ4v) is 3.13. The summed E-state index contributed by atoms with van der Waals surface area (Å²) in [5.41, 5.74) is 0. The molecule has 0 bridgehead atoms. The van der Waals surface area contributed by atoms with Crippen LogP contribution in [0.1, 0.15) is 5.82 Å². The Bertz CT molecular complexity index is 635. The number of hydrogen-bond acceptors (Lipinski definition) is 6. The number of hydrogen-bond donors (Lipinski definition) is 1. The number of nitrogens with zero attached hydrogens (tertiary/aromatic N) is 5. The van der Waals surface area contributed by atoms with E-state index in [2.05, 4.69) is 9.97 Å². The quantitative estimate of drug-likeness (QED) is 0.806. The van der Waals surface area contributed by atoms with E-state index >= 15 is 0 Å². The van der Waals surface area contributed by atoms with Gasteiger partial charge in [0.05, 0.1) is 19.1 Å². The summed E-state index contributed by atoms with van der Waals surface area (Å²) in [7, 11) is 0. The highest BCUT2D eigenvalue weighted by molar-refractivity contribution is 5.77. The van der Waals surface area contributed by atoms with Crippen molar-refractivity contribution in [2.75, 3.05) is 57.4 Å². The number of carbonyl (C=O) groups is 2. The van der Waals surface area contributed by atoms with E-state index in [4.69, 9.17) is 4.74 Å². The van der Waals surface area contributed by atoms with Gasteiger partial charge in [-0.1, -0.05) is 0 Å². The molecule has 3 rings (SSSR count). The zero-order valence-electron chi connectivity index (χ0n) is 14.3. The summed E-state index contributed by atoms with van der Waals surface area (Å²) in [6, 6.07) is 1.65. The van der Waals surface area contributed by atoms with Gasteiger partial charge in [0, 0.05) is 45.5 Å². The van der Waals surface area contributed by atoms with Crippen LogP contribution in [0.25, 0.3) is 0 Å². The zero-order chi connectivity index (χ0) is 17.8. The summed E-state index contributed by atoms with van der Waals surface area (Å²) in [6.45, 7) is 5.45. The molecule has 1 aromatic rings. The SMILES string of the molecule is Cc1nccc(N2CCN(C(=O)N3CCOCC3)CC(C(=O)O)C2)n1. The predicted octanol–water partition coefficient (Wildman–Crippen LogP) is 0.0600. The van der Waals surface area contributed by atoms with Crippen LogP contribution in [-0.2, 0) is 9.53 Å². The number of rotatable bonds is 2. The highest BCUT2D eigenvalue weighted by Crippen LogP contribution is 2.18. The molecule has 0 aliphatic carbocycles.